The van der Waals surface area contributed by atoms with Gasteiger partial charge in [-0.2, -0.15) is 0 Å². The maximum absolute atomic E-state index is 12.5. The van der Waals surface area contributed by atoms with Gasteiger partial charge in [-0.1, -0.05) is 23.2 Å². The first-order chi connectivity index (χ1) is 12.0. The van der Waals surface area contributed by atoms with Crippen LogP contribution < -0.4 is 5.32 Å². The summed E-state index contributed by atoms with van der Waals surface area (Å²) < 4.78 is 5.39. The molecule has 134 valence electrons. The number of nitrogens with zero attached hydrogens (tertiary/aromatic N) is 2. The summed E-state index contributed by atoms with van der Waals surface area (Å²) in [6, 6.07) is 8.71. The number of hydrogen-bond acceptors (Lipinski definition) is 4. The van der Waals surface area contributed by atoms with Gasteiger partial charge in [0.1, 0.15) is 5.76 Å². The van der Waals surface area contributed by atoms with E-state index in [2.05, 4.69) is 15.1 Å². The first-order valence-electron chi connectivity index (χ1n) is 8.27. The van der Waals surface area contributed by atoms with Crippen LogP contribution in [0.4, 0.5) is 5.69 Å². The van der Waals surface area contributed by atoms with Gasteiger partial charge < -0.3 is 9.73 Å². The number of nitrogens with one attached hydrogen (secondary N) is 1. The van der Waals surface area contributed by atoms with E-state index in [4.69, 9.17) is 27.6 Å². The summed E-state index contributed by atoms with van der Waals surface area (Å²) in [4.78, 5) is 17.0. The predicted molar refractivity (Wildman–Crippen MR) is 100 cm³/mol. The highest BCUT2D eigenvalue weighted by Crippen LogP contribution is 2.25. The van der Waals surface area contributed by atoms with Crippen LogP contribution in [0.3, 0.4) is 0 Å². The molecule has 1 aromatic carbocycles. The van der Waals surface area contributed by atoms with Gasteiger partial charge in [-0.15, -0.1) is 0 Å². The Labute approximate surface area is 157 Å². The molecule has 1 aromatic heterocycles. The van der Waals surface area contributed by atoms with Gasteiger partial charge in [-0.05, 0) is 37.3 Å². The minimum absolute atomic E-state index is 0.0660. The number of rotatable bonds is 5. The van der Waals surface area contributed by atoms with Crippen LogP contribution in [0.15, 0.2) is 41.0 Å². The zero-order valence-electron chi connectivity index (χ0n) is 14.0. The van der Waals surface area contributed by atoms with Crippen molar-refractivity contribution < 1.29 is 9.21 Å². The highest BCUT2D eigenvalue weighted by Gasteiger charge is 2.26. The molecule has 3 rings (SSSR count). The number of amides is 1. The summed E-state index contributed by atoms with van der Waals surface area (Å²) in [7, 11) is 0. The van der Waals surface area contributed by atoms with E-state index in [1.165, 1.54) is 0 Å². The quantitative estimate of drug-likeness (QED) is 0.856. The Bertz CT molecular complexity index is 713. The van der Waals surface area contributed by atoms with Crippen LogP contribution in [0, 0.1) is 0 Å². The van der Waals surface area contributed by atoms with E-state index in [1.54, 1.807) is 24.5 Å². The number of benzene rings is 1. The predicted octanol–water partition coefficient (Wildman–Crippen LogP) is 3.73. The fourth-order valence-electron chi connectivity index (χ4n) is 2.93. The lowest BCUT2D eigenvalue weighted by atomic mass is 10.2. The van der Waals surface area contributed by atoms with Gasteiger partial charge in [0.05, 0.1) is 29.6 Å². The minimum atomic E-state index is -0.225. The van der Waals surface area contributed by atoms with Crippen molar-refractivity contribution in [3.05, 3.63) is 52.4 Å². The number of halogens is 2. The molecule has 7 heteroatoms. The molecule has 0 radical (unpaired) electrons. The van der Waals surface area contributed by atoms with E-state index >= 15 is 0 Å². The molecule has 1 N–H and O–H groups in total. The molecule has 0 aliphatic carbocycles. The van der Waals surface area contributed by atoms with Crippen molar-refractivity contribution in [1.29, 1.82) is 0 Å². The highest BCUT2D eigenvalue weighted by molar-refractivity contribution is 6.36. The third kappa shape index (κ3) is 4.76. The lowest BCUT2D eigenvalue weighted by Gasteiger charge is -2.37. The number of carbonyl (C=O) groups is 1. The molecule has 1 saturated heterocycles. The van der Waals surface area contributed by atoms with Gasteiger partial charge in [-0.3, -0.25) is 14.6 Å². The van der Waals surface area contributed by atoms with Gasteiger partial charge >= 0.3 is 0 Å². The van der Waals surface area contributed by atoms with Crippen LogP contribution in [0.1, 0.15) is 12.7 Å². The summed E-state index contributed by atoms with van der Waals surface area (Å²) in [6.07, 6.45) is 1.69. The molecule has 1 fully saturated rings. The van der Waals surface area contributed by atoms with Crippen molar-refractivity contribution in [1.82, 2.24) is 9.80 Å². The Morgan fingerprint density at radius 1 is 1.24 bits per heavy atom. The first kappa shape index (κ1) is 18.3. The van der Waals surface area contributed by atoms with Crippen LogP contribution in [-0.4, -0.2) is 47.9 Å². The molecule has 2 heterocycles. The Kier molecular flexibility index (Phi) is 6.02. The summed E-state index contributed by atoms with van der Waals surface area (Å²) in [5.41, 5.74) is 0.583. The van der Waals surface area contributed by atoms with Crippen LogP contribution in [0.25, 0.3) is 0 Å². The largest absolute Gasteiger partial charge is 0.468 e. The van der Waals surface area contributed by atoms with Crippen molar-refractivity contribution in [2.45, 2.75) is 19.5 Å². The van der Waals surface area contributed by atoms with Crippen LogP contribution >= 0.6 is 23.2 Å². The van der Waals surface area contributed by atoms with E-state index in [9.17, 15) is 4.79 Å². The van der Waals surface area contributed by atoms with E-state index in [0.717, 1.165) is 38.5 Å². The SMILES string of the molecule is C[C@H](C(=O)Nc1ccc(Cl)cc1Cl)N1CCN(Cc2ccco2)CC1. The molecule has 0 spiro atoms. The van der Waals surface area contributed by atoms with E-state index in [0.29, 0.717) is 15.7 Å². The molecule has 1 amide bonds. The van der Waals surface area contributed by atoms with E-state index < -0.39 is 0 Å². The standard InChI is InChI=1S/C18H21Cl2N3O2/c1-13(18(24)21-17-5-4-14(19)11-16(17)20)23-8-6-22(7-9-23)12-15-3-2-10-25-15/h2-5,10-11,13H,6-9,12H2,1H3,(H,21,24)/t13-/m1/s1. The zero-order valence-corrected chi connectivity index (χ0v) is 15.6. The van der Waals surface area contributed by atoms with Gasteiger partial charge in [-0.25, -0.2) is 0 Å². The third-order valence-corrected chi connectivity index (χ3v) is 5.03. The Hall–Kier alpha value is -1.53. The summed E-state index contributed by atoms with van der Waals surface area (Å²) in [6.45, 7) is 6.20. The molecule has 1 aliphatic rings. The summed E-state index contributed by atoms with van der Waals surface area (Å²) >= 11 is 12.0. The smallest absolute Gasteiger partial charge is 0.241 e. The molecule has 0 bridgehead atoms. The molecule has 0 unspecified atom stereocenters. The van der Waals surface area contributed by atoms with Crippen molar-refractivity contribution in [3.63, 3.8) is 0 Å². The molecular weight excluding hydrogens is 361 g/mol. The monoisotopic (exact) mass is 381 g/mol. The molecule has 5 nitrogen and oxygen atoms in total. The highest BCUT2D eigenvalue weighted by atomic mass is 35.5. The van der Waals surface area contributed by atoms with Crippen molar-refractivity contribution in [3.8, 4) is 0 Å². The van der Waals surface area contributed by atoms with Gasteiger partial charge in [0.15, 0.2) is 0 Å². The average Bonchev–Trinajstić information content (AvgIpc) is 3.10. The normalized spacial score (nSPS) is 17.4. The van der Waals surface area contributed by atoms with E-state index in [1.807, 2.05) is 19.1 Å². The van der Waals surface area contributed by atoms with Crippen LogP contribution in [-0.2, 0) is 11.3 Å². The Balaban J connectivity index is 1.51. The van der Waals surface area contributed by atoms with Gasteiger partial charge in [0.2, 0.25) is 5.91 Å². The fourth-order valence-corrected chi connectivity index (χ4v) is 3.38. The Morgan fingerprint density at radius 2 is 2.00 bits per heavy atom. The first-order valence-corrected chi connectivity index (χ1v) is 9.03. The number of furan rings is 1. The average molecular weight is 382 g/mol. The van der Waals surface area contributed by atoms with Crippen molar-refractivity contribution in [2.75, 3.05) is 31.5 Å². The lowest BCUT2D eigenvalue weighted by molar-refractivity contribution is -0.121. The molecule has 2 aromatic rings. The molecular formula is C18H21Cl2N3O2. The van der Waals surface area contributed by atoms with E-state index in [-0.39, 0.29) is 11.9 Å². The summed E-state index contributed by atoms with van der Waals surface area (Å²) in [5, 5.41) is 3.87. The number of carbonyl (C=O) groups excluding carboxylic acids is 1. The second-order valence-electron chi connectivity index (χ2n) is 6.18. The van der Waals surface area contributed by atoms with Crippen molar-refractivity contribution >= 4 is 34.8 Å². The number of piperazine rings is 1. The van der Waals surface area contributed by atoms with Crippen LogP contribution in [0.2, 0.25) is 10.0 Å². The number of anilines is 1. The molecule has 1 aliphatic heterocycles. The second-order valence-corrected chi connectivity index (χ2v) is 7.02. The van der Waals surface area contributed by atoms with Crippen molar-refractivity contribution in [2.24, 2.45) is 0 Å². The molecule has 0 saturated carbocycles. The third-order valence-electron chi connectivity index (χ3n) is 4.48. The minimum Gasteiger partial charge on any atom is -0.468 e. The fraction of sp³-hybridized carbons (Fsp3) is 0.389. The van der Waals surface area contributed by atoms with Crippen LogP contribution in [0.5, 0.6) is 0 Å². The maximum Gasteiger partial charge on any atom is 0.241 e. The molecule has 25 heavy (non-hydrogen) atoms. The number of hydrogen-bond donors (Lipinski definition) is 1. The Morgan fingerprint density at radius 3 is 2.64 bits per heavy atom. The lowest BCUT2D eigenvalue weighted by Crippen LogP contribution is -2.52. The molecule has 1 atom stereocenters. The van der Waals surface area contributed by atoms with Gasteiger partial charge in [0, 0.05) is 31.2 Å². The van der Waals surface area contributed by atoms with Gasteiger partial charge in [0.25, 0.3) is 0 Å². The zero-order chi connectivity index (χ0) is 17.8. The summed E-state index contributed by atoms with van der Waals surface area (Å²) in [5.74, 6) is 0.903. The topological polar surface area (TPSA) is 48.7 Å². The maximum atomic E-state index is 12.5. The second kappa shape index (κ2) is 8.23.